The summed E-state index contributed by atoms with van der Waals surface area (Å²) in [6.07, 6.45) is 3.70. The molecule has 76 valence electrons. The van der Waals surface area contributed by atoms with Crippen LogP contribution in [-0.2, 0) is 6.54 Å². The van der Waals surface area contributed by atoms with Gasteiger partial charge in [-0.3, -0.25) is 9.58 Å². The maximum absolute atomic E-state index is 8.63. The summed E-state index contributed by atoms with van der Waals surface area (Å²) >= 11 is 0. The van der Waals surface area contributed by atoms with Gasteiger partial charge in [-0.25, -0.2) is 0 Å². The van der Waals surface area contributed by atoms with E-state index in [-0.39, 0.29) is 0 Å². The highest BCUT2D eigenvalue weighted by Gasteiger charge is 2.07. The van der Waals surface area contributed by atoms with Crippen molar-refractivity contribution in [1.82, 2.24) is 14.7 Å². The molecule has 4 nitrogen and oxygen atoms in total. The molecule has 0 aliphatic heterocycles. The molecule has 0 radical (unpaired) electrons. The Bertz CT molecular complexity index is 284. The van der Waals surface area contributed by atoms with Gasteiger partial charge in [-0.1, -0.05) is 0 Å². The average Bonchev–Trinajstić information content (AvgIpc) is 2.64. The van der Waals surface area contributed by atoms with Crippen LogP contribution < -0.4 is 0 Å². The molecule has 0 saturated carbocycles. The van der Waals surface area contributed by atoms with Crippen molar-refractivity contribution in [3.05, 3.63) is 18.5 Å². The van der Waals surface area contributed by atoms with Gasteiger partial charge in [-0.2, -0.15) is 10.4 Å². The molecule has 1 aromatic rings. The van der Waals surface area contributed by atoms with Gasteiger partial charge in [0.2, 0.25) is 0 Å². The van der Waals surface area contributed by atoms with E-state index in [1.807, 2.05) is 16.9 Å². The summed E-state index contributed by atoms with van der Waals surface area (Å²) in [5, 5.41) is 12.7. The zero-order valence-electron chi connectivity index (χ0n) is 8.72. The standard InChI is InChI=1S/C10H16N4/c1-10(2)13(7-4-11)8-9-14-6-3-5-12-14/h3,5-6,10H,7-9H2,1-2H3. The molecule has 0 fully saturated rings. The molecule has 0 aromatic carbocycles. The molecule has 0 atom stereocenters. The second-order valence-electron chi connectivity index (χ2n) is 3.49. The summed E-state index contributed by atoms with van der Waals surface area (Å²) in [7, 11) is 0. The predicted octanol–water partition coefficient (Wildman–Crippen LogP) is 1.12. The predicted molar refractivity (Wildman–Crippen MR) is 54.5 cm³/mol. The third kappa shape index (κ3) is 3.19. The van der Waals surface area contributed by atoms with Gasteiger partial charge in [0.1, 0.15) is 0 Å². The number of nitriles is 1. The Hall–Kier alpha value is -1.34. The monoisotopic (exact) mass is 192 g/mol. The van der Waals surface area contributed by atoms with Crippen LogP contribution >= 0.6 is 0 Å². The zero-order valence-corrected chi connectivity index (χ0v) is 8.72. The number of rotatable bonds is 5. The lowest BCUT2D eigenvalue weighted by Crippen LogP contribution is -2.34. The molecule has 1 aromatic heterocycles. The Balaban J connectivity index is 2.38. The largest absolute Gasteiger partial charge is 0.286 e. The summed E-state index contributed by atoms with van der Waals surface area (Å²) in [6, 6.07) is 4.49. The van der Waals surface area contributed by atoms with E-state index in [0.29, 0.717) is 12.6 Å². The minimum atomic E-state index is 0.408. The SMILES string of the molecule is CC(C)N(CC#N)CCn1cccn1. The van der Waals surface area contributed by atoms with Crippen molar-refractivity contribution in [2.24, 2.45) is 0 Å². The highest BCUT2D eigenvalue weighted by atomic mass is 15.3. The molecule has 14 heavy (non-hydrogen) atoms. The molecule has 0 bridgehead atoms. The lowest BCUT2D eigenvalue weighted by atomic mass is 10.3. The Morgan fingerprint density at radius 3 is 2.86 bits per heavy atom. The molecule has 0 N–H and O–H groups in total. The molecule has 0 amide bonds. The van der Waals surface area contributed by atoms with E-state index in [0.717, 1.165) is 13.1 Å². The smallest absolute Gasteiger partial charge is 0.0868 e. The molecular formula is C10H16N4. The van der Waals surface area contributed by atoms with E-state index in [2.05, 4.69) is 29.9 Å². The fraction of sp³-hybridized carbons (Fsp3) is 0.600. The highest BCUT2D eigenvalue weighted by molar-refractivity contribution is 4.80. The first-order valence-electron chi connectivity index (χ1n) is 4.82. The van der Waals surface area contributed by atoms with Crippen LogP contribution in [0.15, 0.2) is 18.5 Å². The van der Waals surface area contributed by atoms with Gasteiger partial charge < -0.3 is 0 Å². The maximum atomic E-state index is 8.63. The van der Waals surface area contributed by atoms with Gasteiger partial charge in [0, 0.05) is 25.0 Å². The van der Waals surface area contributed by atoms with E-state index < -0.39 is 0 Å². The maximum Gasteiger partial charge on any atom is 0.0868 e. The first-order chi connectivity index (χ1) is 6.74. The van der Waals surface area contributed by atoms with Crippen molar-refractivity contribution in [3.8, 4) is 6.07 Å². The van der Waals surface area contributed by atoms with Crippen LogP contribution in [0.25, 0.3) is 0 Å². The number of hydrogen-bond donors (Lipinski definition) is 0. The second-order valence-corrected chi connectivity index (χ2v) is 3.49. The van der Waals surface area contributed by atoms with Gasteiger partial charge in [-0.15, -0.1) is 0 Å². The van der Waals surface area contributed by atoms with Crippen LogP contribution in [0.4, 0.5) is 0 Å². The summed E-state index contributed by atoms with van der Waals surface area (Å²) in [5.41, 5.74) is 0. The van der Waals surface area contributed by atoms with Crippen molar-refractivity contribution < 1.29 is 0 Å². The highest BCUT2D eigenvalue weighted by Crippen LogP contribution is 1.97. The van der Waals surface area contributed by atoms with Crippen LogP contribution in [0, 0.1) is 11.3 Å². The van der Waals surface area contributed by atoms with Gasteiger partial charge >= 0.3 is 0 Å². The first-order valence-corrected chi connectivity index (χ1v) is 4.82. The van der Waals surface area contributed by atoms with Crippen LogP contribution in [0.3, 0.4) is 0 Å². The number of aromatic nitrogens is 2. The molecule has 1 rings (SSSR count). The van der Waals surface area contributed by atoms with E-state index in [9.17, 15) is 0 Å². The molecule has 0 aliphatic rings. The van der Waals surface area contributed by atoms with Crippen LogP contribution in [0.5, 0.6) is 0 Å². The topological polar surface area (TPSA) is 44.9 Å². The fourth-order valence-electron chi connectivity index (χ4n) is 1.27. The van der Waals surface area contributed by atoms with Gasteiger partial charge in [0.25, 0.3) is 0 Å². The van der Waals surface area contributed by atoms with Gasteiger partial charge in [-0.05, 0) is 19.9 Å². The average molecular weight is 192 g/mol. The summed E-state index contributed by atoms with van der Waals surface area (Å²) in [4.78, 5) is 2.13. The Labute approximate surface area is 84.7 Å². The van der Waals surface area contributed by atoms with E-state index in [1.54, 1.807) is 6.20 Å². The van der Waals surface area contributed by atoms with Crippen molar-refractivity contribution in [2.45, 2.75) is 26.4 Å². The molecule has 0 saturated heterocycles. The normalized spacial score (nSPS) is 10.8. The number of nitrogens with zero attached hydrogens (tertiary/aromatic N) is 4. The van der Waals surface area contributed by atoms with Crippen molar-refractivity contribution in [3.63, 3.8) is 0 Å². The zero-order chi connectivity index (χ0) is 10.4. The molecule has 0 spiro atoms. The third-order valence-corrected chi connectivity index (χ3v) is 2.18. The molecule has 4 heteroatoms. The fourth-order valence-corrected chi connectivity index (χ4v) is 1.27. The molecule has 1 heterocycles. The van der Waals surface area contributed by atoms with E-state index in [4.69, 9.17) is 5.26 Å². The van der Waals surface area contributed by atoms with E-state index >= 15 is 0 Å². The van der Waals surface area contributed by atoms with Crippen LogP contribution in [-0.4, -0.2) is 33.8 Å². The van der Waals surface area contributed by atoms with Crippen molar-refractivity contribution in [1.29, 1.82) is 5.26 Å². The Morgan fingerprint density at radius 2 is 2.36 bits per heavy atom. The van der Waals surface area contributed by atoms with Gasteiger partial charge in [0.15, 0.2) is 0 Å². The lowest BCUT2D eigenvalue weighted by Gasteiger charge is -2.22. The Morgan fingerprint density at radius 1 is 1.57 bits per heavy atom. The Kier molecular flexibility index (Phi) is 4.14. The van der Waals surface area contributed by atoms with Gasteiger partial charge in [0.05, 0.1) is 19.2 Å². The molecule has 0 unspecified atom stereocenters. The lowest BCUT2D eigenvalue weighted by molar-refractivity contribution is 0.235. The number of hydrogen-bond acceptors (Lipinski definition) is 3. The van der Waals surface area contributed by atoms with E-state index in [1.165, 1.54) is 0 Å². The summed E-state index contributed by atoms with van der Waals surface area (Å²) < 4.78 is 1.88. The first kappa shape index (κ1) is 10.7. The summed E-state index contributed by atoms with van der Waals surface area (Å²) in [5.74, 6) is 0. The van der Waals surface area contributed by atoms with Crippen molar-refractivity contribution >= 4 is 0 Å². The minimum Gasteiger partial charge on any atom is -0.286 e. The molecular weight excluding hydrogens is 176 g/mol. The third-order valence-electron chi connectivity index (χ3n) is 2.18. The second kappa shape index (κ2) is 5.40. The minimum absolute atomic E-state index is 0.408. The van der Waals surface area contributed by atoms with Crippen LogP contribution in [0.2, 0.25) is 0 Å². The molecule has 0 aliphatic carbocycles. The summed E-state index contributed by atoms with van der Waals surface area (Å²) in [6.45, 7) is 6.39. The quantitative estimate of drug-likeness (QED) is 0.657. The van der Waals surface area contributed by atoms with Crippen molar-refractivity contribution in [2.75, 3.05) is 13.1 Å². The van der Waals surface area contributed by atoms with Crippen LogP contribution in [0.1, 0.15) is 13.8 Å².